The van der Waals surface area contributed by atoms with E-state index in [0.29, 0.717) is 0 Å². The lowest BCUT2D eigenvalue weighted by Crippen LogP contribution is -2.29. The number of fused-ring (bicyclic) bond motifs is 3. The van der Waals surface area contributed by atoms with E-state index in [9.17, 15) is 18.0 Å². The Balaban J connectivity index is 1.48. The predicted octanol–water partition coefficient (Wildman–Crippen LogP) is 6.79. The lowest BCUT2D eigenvalue weighted by molar-refractivity contribution is -0.147. The van der Waals surface area contributed by atoms with Crippen molar-refractivity contribution in [1.29, 1.82) is 0 Å². The number of carbonyl (C=O) groups is 1. The van der Waals surface area contributed by atoms with E-state index in [1.54, 1.807) is 0 Å². The fourth-order valence-electron chi connectivity index (χ4n) is 4.89. The summed E-state index contributed by atoms with van der Waals surface area (Å²) in [5, 5.41) is -0.209. The number of ether oxygens (including phenoxy) is 1. The molecule has 176 valence electrons. The maximum atomic E-state index is 13.3. The van der Waals surface area contributed by atoms with Crippen LogP contribution in [0.2, 0.25) is 0 Å². The van der Waals surface area contributed by atoms with E-state index >= 15 is 0 Å². The SMILES string of the molecule is CC1(C)C(/C=C(\Cl)C(CF)(CF)CF)C1C(=O)OCc1cccc2c1CCc1ccccc1-2. The minimum Gasteiger partial charge on any atom is -0.461 e. The van der Waals surface area contributed by atoms with Gasteiger partial charge in [-0.15, -0.1) is 0 Å². The molecule has 0 spiro atoms. The molecule has 0 bridgehead atoms. The van der Waals surface area contributed by atoms with Crippen LogP contribution in [-0.4, -0.2) is 26.0 Å². The molecular formula is C27H28ClF3O2. The Hall–Kier alpha value is -2.27. The molecule has 2 unspecified atom stereocenters. The average molecular weight is 477 g/mol. The summed E-state index contributed by atoms with van der Waals surface area (Å²) in [4.78, 5) is 12.9. The van der Waals surface area contributed by atoms with Crippen LogP contribution in [0.1, 0.15) is 30.5 Å². The van der Waals surface area contributed by atoms with Gasteiger partial charge in [-0.05, 0) is 52.0 Å². The number of aryl methyl sites for hydroxylation is 1. The van der Waals surface area contributed by atoms with Gasteiger partial charge in [-0.25, -0.2) is 13.2 Å². The van der Waals surface area contributed by atoms with Gasteiger partial charge in [-0.2, -0.15) is 0 Å². The van der Waals surface area contributed by atoms with Crippen molar-refractivity contribution in [2.24, 2.45) is 22.7 Å². The molecule has 2 aliphatic rings. The normalized spacial score (nSPS) is 21.2. The van der Waals surface area contributed by atoms with Crippen molar-refractivity contribution in [3.63, 3.8) is 0 Å². The third-order valence-corrected chi connectivity index (χ3v) is 7.89. The first kappa shape index (κ1) is 23.9. The molecule has 0 radical (unpaired) electrons. The lowest BCUT2D eigenvalue weighted by atomic mass is 9.83. The van der Waals surface area contributed by atoms with Gasteiger partial charge in [-0.3, -0.25) is 4.79 Å². The second-order valence-electron chi connectivity index (χ2n) is 9.73. The number of alkyl halides is 3. The maximum absolute atomic E-state index is 13.3. The van der Waals surface area contributed by atoms with Crippen LogP contribution < -0.4 is 0 Å². The van der Waals surface area contributed by atoms with E-state index in [-0.39, 0.29) is 23.5 Å². The second kappa shape index (κ2) is 9.17. The number of halogens is 4. The maximum Gasteiger partial charge on any atom is 0.310 e. The Bertz CT molecular complexity index is 1070. The third kappa shape index (κ3) is 4.21. The molecule has 6 heteroatoms. The van der Waals surface area contributed by atoms with Crippen molar-refractivity contribution in [3.05, 3.63) is 70.3 Å². The van der Waals surface area contributed by atoms with Crippen LogP contribution in [0.25, 0.3) is 11.1 Å². The molecule has 0 aromatic heterocycles. The Morgan fingerprint density at radius 2 is 1.73 bits per heavy atom. The molecule has 33 heavy (non-hydrogen) atoms. The molecule has 0 saturated heterocycles. The molecular weight excluding hydrogens is 449 g/mol. The van der Waals surface area contributed by atoms with E-state index < -0.39 is 36.8 Å². The van der Waals surface area contributed by atoms with E-state index in [4.69, 9.17) is 16.3 Å². The smallest absolute Gasteiger partial charge is 0.310 e. The summed E-state index contributed by atoms with van der Waals surface area (Å²) in [6.07, 6.45) is 3.26. The van der Waals surface area contributed by atoms with Crippen LogP contribution in [0, 0.1) is 22.7 Å². The fourth-order valence-corrected chi connectivity index (χ4v) is 5.18. The first-order chi connectivity index (χ1) is 15.8. The minimum absolute atomic E-state index is 0.157. The molecule has 0 amide bonds. The summed E-state index contributed by atoms with van der Waals surface area (Å²) in [5.41, 5.74) is 3.41. The van der Waals surface area contributed by atoms with Crippen LogP contribution in [0.4, 0.5) is 13.2 Å². The number of carbonyl (C=O) groups excluding carboxylic acids is 1. The van der Waals surface area contributed by atoms with Gasteiger partial charge in [0, 0.05) is 5.03 Å². The van der Waals surface area contributed by atoms with Gasteiger partial charge in [0.1, 0.15) is 26.6 Å². The van der Waals surface area contributed by atoms with Crippen molar-refractivity contribution in [1.82, 2.24) is 0 Å². The van der Waals surface area contributed by atoms with Crippen LogP contribution in [0.5, 0.6) is 0 Å². The van der Waals surface area contributed by atoms with Crippen LogP contribution in [0.15, 0.2) is 53.6 Å². The predicted molar refractivity (Wildman–Crippen MR) is 124 cm³/mol. The van der Waals surface area contributed by atoms with Gasteiger partial charge in [-0.1, -0.05) is 74.0 Å². The summed E-state index contributed by atoms with van der Waals surface area (Å²) in [6, 6.07) is 14.4. The zero-order valence-electron chi connectivity index (χ0n) is 18.8. The Morgan fingerprint density at radius 1 is 1.06 bits per heavy atom. The molecule has 2 atom stereocenters. The van der Waals surface area contributed by atoms with Gasteiger partial charge in [0.05, 0.1) is 11.3 Å². The van der Waals surface area contributed by atoms with Crippen LogP contribution in [-0.2, 0) is 29.0 Å². The highest BCUT2D eigenvalue weighted by atomic mass is 35.5. The number of hydrogen-bond acceptors (Lipinski definition) is 2. The summed E-state index contributed by atoms with van der Waals surface area (Å²) in [5.74, 6) is -1.24. The number of allylic oxidation sites excluding steroid dienone is 2. The molecule has 1 saturated carbocycles. The van der Waals surface area contributed by atoms with Crippen molar-refractivity contribution in [2.75, 3.05) is 20.0 Å². The molecule has 0 heterocycles. The molecule has 0 N–H and O–H groups in total. The lowest BCUT2D eigenvalue weighted by Gasteiger charge is -2.23. The fraction of sp³-hybridized carbons (Fsp3) is 0.444. The zero-order valence-corrected chi connectivity index (χ0v) is 19.6. The third-order valence-electron chi connectivity index (χ3n) is 7.36. The van der Waals surface area contributed by atoms with Crippen molar-refractivity contribution in [3.8, 4) is 11.1 Å². The van der Waals surface area contributed by atoms with Crippen LogP contribution in [0.3, 0.4) is 0 Å². The first-order valence-electron chi connectivity index (χ1n) is 11.2. The van der Waals surface area contributed by atoms with E-state index in [1.807, 2.05) is 38.1 Å². The van der Waals surface area contributed by atoms with Crippen molar-refractivity contribution >= 4 is 17.6 Å². The Morgan fingerprint density at radius 3 is 2.42 bits per heavy atom. The Kier molecular flexibility index (Phi) is 6.63. The van der Waals surface area contributed by atoms with Gasteiger partial charge in [0.15, 0.2) is 0 Å². The standard InChI is InChI=1S/C27H28ClF3O2/c1-26(2)22(12-23(28)27(14-29,15-30)16-31)24(26)25(32)33-13-18-7-5-9-21-19-8-4-3-6-17(19)10-11-20(18)21/h3-9,12,22,24H,10-11,13-16H2,1-2H3/b23-12-. The molecule has 4 rings (SSSR count). The van der Waals surface area contributed by atoms with E-state index in [2.05, 4.69) is 18.2 Å². The number of rotatable bonds is 8. The largest absolute Gasteiger partial charge is 0.461 e. The van der Waals surface area contributed by atoms with Gasteiger partial charge in [0.25, 0.3) is 0 Å². The first-order valence-corrected chi connectivity index (χ1v) is 11.6. The highest BCUT2D eigenvalue weighted by Crippen LogP contribution is 2.60. The summed E-state index contributed by atoms with van der Waals surface area (Å²) >= 11 is 6.12. The molecule has 1 fully saturated rings. The number of esters is 1. The summed E-state index contributed by atoms with van der Waals surface area (Å²) < 4.78 is 45.7. The molecule has 2 aromatic carbocycles. The van der Waals surface area contributed by atoms with Gasteiger partial charge >= 0.3 is 5.97 Å². The molecule has 0 aliphatic heterocycles. The molecule has 2 nitrogen and oxygen atoms in total. The Labute approximate surface area is 197 Å². The monoisotopic (exact) mass is 476 g/mol. The van der Waals surface area contributed by atoms with Crippen molar-refractivity contribution < 1.29 is 22.7 Å². The number of hydrogen-bond donors (Lipinski definition) is 0. The topological polar surface area (TPSA) is 26.3 Å². The van der Waals surface area contributed by atoms with E-state index in [0.717, 1.165) is 18.4 Å². The highest BCUT2D eigenvalue weighted by Gasteiger charge is 2.62. The van der Waals surface area contributed by atoms with Crippen LogP contribution >= 0.6 is 11.6 Å². The zero-order chi connectivity index (χ0) is 23.8. The van der Waals surface area contributed by atoms with Gasteiger partial charge < -0.3 is 4.74 Å². The number of benzene rings is 2. The van der Waals surface area contributed by atoms with Crippen molar-refractivity contribution in [2.45, 2.75) is 33.3 Å². The summed E-state index contributed by atoms with van der Waals surface area (Å²) in [7, 11) is 0. The highest BCUT2D eigenvalue weighted by molar-refractivity contribution is 6.30. The molecule has 2 aliphatic carbocycles. The average Bonchev–Trinajstić information content (AvgIpc) is 3.38. The molecule has 2 aromatic rings. The quantitative estimate of drug-likeness (QED) is 0.392. The minimum atomic E-state index is -1.98. The van der Waals surface area contributed by atoms with E-state index in [1.165, 1.54) is 28.3 Å². The summed E-state index contributed by atoms with van der Waals surface area (Å²) in [6.45, 7) is 0.186. The second-order valence-corrected chi connectivity index (χ2v) is 10.1. The van der Waals surface area contributed by atoms with Gasteiger partial charge in [0.2, 0.25) is 0 Å².